The van der Waals surface area contributed by atoms with Gasteiger partial charge in [0, 0.05) is 5.69 Å². The van der Waals surface area contributed by atoms with Crippen LogP contribution in [0.2, 0.25) is 0 Å². The Morgan fingerprint density at radius 3 is 2.33 bits per heavy atom. The van der Waals surface area contributed by atoms with Crippen molar-refractivity contribution in [1.82, 2.24) is 10.2 Å². The second-order valence-electron chi connectivity index (χ2n) is 9.26. The normalized spacial score (nSPS) is 12.6. The van der Waals surface area contributed by atoms with Gasteiger partial charge in [0.15, 0.2) is 0 Å². The molecule has 2 aromatic carbocycles. The number of aryl methyl sites for hydroxylation is 2. The van der Waals surface area contributed by atoms with E-state index in [1.807, 2.05) is 12.1 Å². The molecule has 2 rings (SSSR count). The fourth-order valence-corrected chi connectivity index (χ4v) is 3.44. The Bertz CT molecular complexity index is 1150. The number of alkyl carbamates (subject to hydrolysis) is 1. The van der Waals surface area contributed by atoms with Crippen LogP contribution in [0.4, 0.5) is 10.5 Å². The molecule has 36 heavy (non-hydrogen) atoms. The number of amides is 3. The molecule has 0 heterocycles. The first-order valence-electron chi connectivity index (χ1n) is 11.3. The van der Waals surface area contributed by atoms with Crippen molar-refractivity contribution in [2.75, 3.05) is 18.5 Å². The molecule has 4 N–H and O–H groups in total. The van der Waals surface area contributed by atoms with E-state index in [4.69, 9.17) is 4.74 Å². The number of aliphatic hydroxyl groups excluding tert-OH is 1. The molecule has 2 unspecified atom stereocenters. The maximum Gasteiger partial charge on any atom is 0.408 e. The van der Waals surface area contributed by atoms with Gasteiger partial charge < -0.3 is 30.5 Å². The van der Waals surface area contributed by atoms with Crippen LogP contribution in [0.5, 0.6) is 5.75 Å². The van der Waals surface area contributed by atoms with Crippen LogP contribution in [0.1, 0.15) is 43.5 Å². The van der Waals surface area contributed by atoms with Crippen molar-refractivity contribution in [3.63, 3.8) is 0 Å². The molecule has 0 aliphatic heterocycles. The average Bonchev–Trinajstić information content (AvgIpc) is 2.79. The highest BCUT2D eigenvalue weighted by atomic mass is 16.6. The number of aliphatic hydroxyl groups is 1. The van der Waals surface area contributed by atoms with Crippen LogP contribution >= 0.6 is 0 Å². The molecule has 2 atom stereocenters. The monoisotopic (exact) mass is 496 g/mol. The van der Waals surface area contributed by atoms with E-state index >= 15 is 0 Å². The van der Waals surface area contributed by atoms with Crippen LogP contribution < -0.4 is 10.6 Å². The van der Waals surface area contributed by atoms with Gasteiger partial charge in [0.25, 0.3) is 5.91 Å². The molecule has 0 saturated carbocycles. The summed E-state index contributed by atoms with van der Waals surface area (Å²) >= 11 is 0. The Kier molecular flexibility index (Phi) is 9.41. The van der Waals surface area contributed by atoms with Crippen molar-refractivity contribution in [2.24, 2.45) is 0 Å². The van der Waals surface area contributed by atoms with Gasteiger partial charge in [-0.1, -0.05) is 24.3 Å². The van der Waals surface area contributed by atoms with Crippen LogP contribution in [0.25, 0.3) is 0 Å². The van der Waals surface area contributed by atoms with E-state index < -0.39 is 48.7 Å². The highest BCUT2D eigenvalue weighted by Crippen LogP contribution is 2.28. The Morgan fingerprint density at radius 1 is 1.11 bits per heavy atom. The lowest BCUT2D eigenvalue weighted by molar-refractivity contribution is -0.140. The first kappa shape index (κ1) is 28.1. The van der Waals surface area contributed by atoms with Gasteiger partial charge in [-0.15, -0.1) is 0 Å². The summed E-state index contributed by atoms with van der Waals surface area (Å²) in [5.74, 6) is -1.48. The van der Waals surface area contributed by atoms with Crippen molar-refractivity contribution >= 4 is 23.6 Å². The van der Waals surface area contributed by atoms with Crippen LogP contribution in [0, 0.1) is 25.2 Å². The van der Waals surface area contributed by atoms with Gasteiger partial charge in [-0.3, -0.25) is 9.59 Å². The van der Waals surface area contributed by atoms with Crippen molar-refractivity contribution in [3.8, 4) is 11.8 Å². The molecule has 0 aliphatic rings. The van der Waals surface area contributed by atoms with Gasteiger partial charge in [-0.05, 0) is 69.5 Å². The maximum absolute atomic E-state index is 13.6. The van der Waals surface area contributed by atoms with E-state index in [9.17, 15) is 29.9 Å². The van der Waals surface area contributed by atoms with Crippen LogP contribution in [0.3, 0.4) is 0 Å². The third-order valence-electron chi connectivity index (χ3n) is 5.20. The summed E-state index contributed by atoms with van der Waals surface area (Å²) in [5.41, 5.74) is 1.23. The number of hydrogen-bond acceptors (Lipinski definition) is 7. The van der Waals surface area contributed by atoms with Crippen molar-refractivity contribution in [1.29, 1.82) is 5.26 Å². The number of phenols is 1. The van der Waals surface area contributed by atoms with Gasteiger partial charge in [0.05, 0.1) is 12.7 Å². The number of carbonyl (C=O) groups excluding carboxylic acids is 3. The second kappa shape index (κ2) is 12.0. The molecular weight excluding hydrogens is 464 g/mol. The van der Waals surface area contributed by atoms with Gasteiger partial charge in [-0.25, -0.2) is 4.79 Å². The second-order valence-corrected chi connectivity index (χ2v) is 9.26. The minimum Gasteiger partial charge on any atom is -0.508 e. The number of ether oxygens (including phenoxy) is 1. The molecule has 3 amide bonds. The highest BCUT2D eigenvalue weighted by molar-refractivity contribution is 5.99. The SMILES string of the molecule is Cc1cc(C(C(=O)Nc2ccccc2C)N(CC#N)C(=O)C(CO)NC(=O)OC(C)(C)C)ccc1O. The quantitative estimate of drug-likeness (QED) is 0.410. The fourth-order valence-electron chi connectivity index (χ4n) is 3.44. The number of phenolic OH excluding ortho intramolecular Hbond substituents is 1. The number of nitrogens with one attached hydrogen (secondary N) is 2. The first-order chi connectivity index (χ1) is 16.9. The molecular formula is C26H32N4O6. The zero-order chi connectivity index (χ0) is 27.0. The number of nitrogens with zero attached hydrogens (tertiary/aromatic N) is 2. The molecule has 0 spiro atoms. The van der Waals surface area contributed by atoms with E-state index in [2.05, 4.69) is 10.6 Å². The predicted molar refractivity (Wildman–Crippen MR) is 133 cm³/mol. The summed E-state index contributed by atoms with van der Waals surface area (Å²) in [5, 5.41) is 34.4. The third-order valence-corrected chi connectivity index (χ3v) is 5.20. The minimum absolute atomic E-state index is 0.00482. The van der Waals surface area contributed by atoms with Crippen LogP contribution in [-0.2, 0) is 14.3 Å². The lowest BCUT2D eigenvalue weighted by atomic mass is 10.00. The van der Waals surface area contributed by atoms with E-state index in [0.29, 0.717) is 16.8 Å². The Labute approximate surface area is 210 Å². The van der Waals surface area contributed by atoms with Gasteiger partial charge >= 0.3 is 6.09 Å². The molecule has 10 nitrogen and oxygen atoms in total. The number of para-hydroxylation sites is 1. The number of carbonyl (C=O) groups is 3. The number of aromatic hydroxyl groups is 1. The molecule has 0 radical (unpaired) electrons. The molecule has 0 aromatic heterocycles. The molecule has 0 aliphatic carbocycles. The van der Waals surface area contributed by atoms with Crippen molar-refractivity contribution < 1.29 is 29.3 Å². The number of benzene rings is 2. The fraction of sp³-hybridized carbons (Fsp3) is 0.385. The summed E-state index contributed by atoms with van der Waals surface area (Å²) in [6.07, 6.45) is -0.937. The summed E-state index contributed by atoms with van der Waals surface area (Å²) in [7, 11) is 0. The Morgan fingerprint density at radius 2 is 1.78 bits per heavy atom. The molecule has 2 aromatic rings. The zero-order valence-electron chi connectivity index (χ0n) is 21.0. The Hall–Kier alpha value is -4.10. The summed E-state index contributed by atoms with van der Waals surface area (Å²) in [6, 6.07) is 10.5. The lowest BCUT2D eigenvalue weighted by Crippen LogP contribution is -2.54. The number of nitriles is 1. The largest absolute Gasteiger partial charge is 0.508 e. The standard InChI is InChI=1S/C26H32N4O6/c1-16-8-6-7-9-19(16)28-23(33)22(18-10-11-21(32)17(2)14-18)30(13-12-27)24(34)20(15-31)29-25(35)36-26(3,4)5/h6-11,14,20,22,31-32H,13,15H2,1-5H3,(H,28,33)(H,29,35). The zero-order valence-corrected chi connectivity index (χ0v) is 21.0. The number of rotatable bonds is 8. The molecule has 0 saturated heterocycles. The molecule has 0 fully saturated rings. The predicted octanol–water partition coefficient (Wildman–Crippen LogP) is 2.93. The van der Waals surface area contributed by atoms with Crippen LogP contribution in [-0.4, -0.2) is 57.8 Å². The lowest BCUT2D eigenvalue weighted by Gasteiger charge is -2.32. The summed E-state index contributed by atoms with van der Waals surface area (Å²) in [6.45, 7) is 7.06. The average molecular weight is 497 g/mol. The van der Waals surface area contributed by atoms with E-state index in [1.165, 1.54) is 18.2 Å². The van der Waals surface area contributed by atoms with Crippen LogP contribution in [0.15, 0.2) is 42.5 Å². The molecule has 0 bridgehead atoms. The van der Waals surface area contributed by atoms with Gasteiger partial charge in [-0.2, -0.15) is 5.26 Å². The van der Waals surface area contributed by atoms with E-state index in [-0.39, 0.29) is 5.75 Å². The molecule has 10 heteroatoms. The number of hydrogen-bond donors (Lipinski definition) is 4. The van der Waals surface area contributed by atoms with E-state index in [1.54, 1.807) is 52.8 Å². The highest BCUT2D eigenvalue weighted by Gasteiger charge is 2.36. The van der Waals surface area contributed by atoms with Gasteiger partial charge in [0.1, 0.15) is 30.0 Å². The summed E-state index contributed by atoms with van der Waals surface area (Å²) < 4.78 is 5.17. The topological polar surface area (TPSA) is 152 Å². The minimum atomic E-state index is -1.47. The number of anilines is 1. The Balaban J connectivity index is 2.49. The van der Waals surface area contributed by atoms with Crippen molar-refractivity contribution in [3.05, 3.63) is 59.2 Å². The maximum atomic E-state index is 13.6. The van der Waals surface area contributed by atoms with Crippen molar-refractivity contribution in [2.45, 2.75) is 52.3 Å². The third kappa shape index (κ3) is 7.45. The van der Waals surface area contributed by atoms with E-state index in [0.717, 1.165) is 10.5 Å². The van der Waals surface area contributed by atoms with Gasteiger partial charge in [0.2, 0.25) is 5.91 Å². The smallest absolute Gasteiger partial charge is 0.408 e. The first-order valence-corrected chi connectivity index (χ1v) is 11.3. The molecule has 192 valence electrons. The summed E-state index contributed by atoms with van der Waals surface area (Å²) in [4.78, 5) is 40.3.